The van der Waals surface area contributed by atoms with Gasteiger partial charge in [-0.3, -0.25) is 4.79 Å². The standard InChI is InChI=1S/C77H137NO13/c1-3-5-7-9-11-13-15-17-19-21-23-24-25-26-27-28-29-30-31-32-33-34-35-36-37-38-39-40-41-42-43-45-47-49-51-53-55-57-59-61-69(82)78-65(66(81)60-58-56-54-52-50-48-46-44-22-20-18-16-14-12-10-8-6-4-2)64-88-76-74(87)72(85)75(68(63-80)90-76)91-77-73(86)71(84)70(83)67(62-79)89-77/h5,7,11,13,17,19,23-24,26-27,29-30,58,60,65-68,70-77,79-81,83-87H,3-4,6,8-10,12,14-16,18,20-22,25,28,31-57,59,61-64H2,1-2H3,(H,78,82)/b7-5-,13-11-,19-17-,24-23-,27-26-,30-29-,60-58+. The molecular weight excluding hydrogens is 1150 g/mol. The van der Waals surface area contributed by atoms with Gasteiger partial charge in [-0.2, -0.15) is 0 Å². The largest absolute Gasteiger partial charge is 0.394 e. The summed E-state index contributed by atoms with van der Waals surface area (Å²) in [5, 5.41) is 87.5. The van der Waals surface area contributed by atoms with Crippen LogP contribution in [0.4, 0.5) is 0 Å². The lowest BCUT2D eigenvalue weighted by Crippen LogP contribution is -2.65. The van der Waals surface area contributed by atoms with Gasteiger partial charge < -0.3 is 65.1 Å². The summed E-state index contributed by atoms with van der Waals surface area (Å²) in [5.74, 6) is -0.236. The highest BCUT2D eigenvalue weighted by molar-refractivity contribution is 5.76. The summed E-state index contributed by atoms with van der Waals surface area (Å²) in [5.41, 5.74) is 0. The fraction of sp³-hybridized carbons (Fsp3) is 0.805. The SMILES string of the molecule is CC/C=C\C/C=C\C/C=C\C/C=C\C/C=C\C/C=C\CCCCCCCCCCCCCCCCCCCCCCC(=O)NC(COC1OC(CO)C(OC2OC(CO)C(O)C(O)C2O)C(O)C1O)C(O)/C=C/CCCCCCCCCCCCCCCCCC. The van der Waals surface area contributed by atoms with E-state index in [2.05, 4.69) is 92.1 Å². The van der Waals surface area contributed by atoms with Crippen LogP contribution < -0.4 is 5.32 Å². The highest BCUT2D eigenvalue weighted by Crippen LogP contribution is 2.30. The van der Waals surface area contributed by atoms with Crippen LogP contribution in [-0.2, 0) is 23.7 Å². The van der Waals surface area contributed by atoms with Gasteiger partial charge in [-0.1, -0.05) is 311 Å². The van der Waals surface area contributed by atoms with E-state index >= 15 is 0 Å². The summed E-state index contributed by atoms with van der Waals surface area (Å²) in [6.07, 6.45) is 67.9. The smallest absolute Gasteiger partial charge is 0.220 e. The summed E-state index contributed by atoms with van der Waals surface area (Å²) in [6, 6.07) is -0.917. The Morgan fingerprint density at radius 3 is 1.16 bits per heavy atom. The van der Waals surface area contributed by atoms with Gasteiger partial charge in [0.05, 0.1) is 32.0 Å². The summed E-state index contributed by atoms with van der Waals surface area (Å²) >= 11 is 0. The molecule has 91 heavy (non-hydrogen) atoms. The first kappa shape index (κ1) is 84.3. The molecule has 0 aliphatic carbocycles. The number of ether oxygens (including phenoxy) is 4. The predicted molar refractivity (Wildman–Crippen MR) is 373 cm³/mol. The number of carbonyl (C=O) groups excluding carboxylic acids is 1. The van der Waals surface area contributed by atoms with Crippen LogP contribution in [0.2, 0.25) is 0 Å². The first-order valence-electron chi connectivity index (χ1n) is 37.3. The van der Waals surface area contributed by atoms with E-state index in [-0.39, 0.29) is 18.9 Å². The van der Waals surface area contributed by atoms with Crippen molar-refractivity contribution in [2.75, 3.05) is 19.8 Å². The Bertz CT molecular complexity index is 1850. The van der Waals surface area contributed by atoms with Gasteiger partial charge in [-0.15, -0.1) is 0 Å². The van der Waals surface area contributed by atoms with Crippen molar-refractivity contribution in [3.63, 3.8) is 0 Å². The molecule has 2 fully saturated rings. The molecule has 2 saturated heterocycles. The van der Waals surface area contributed by atoms with E-state index in [1.165, 1.54) is 199 Å². The Kier molecular flexibility index (Phi) is 56.3. The fourth-order valence-electron chi connectivity index (χ4n) is 11.9. The molecular formula is C77H137NO13. The maximum absolute atomic E-state index is 13.3. The van der Waals surface area contributed by atoms with Crippen molar-refractivity contribution >= 4 is 5.91 Å². The molecule has 0 aromatic carbocycles. The lowest BCUT2D eigenvalue weighted by molar-refractivity contribution is -0.359. The lowest BCUT2D eigenvalue weighted by atomic mass is 9.97. The topological polar surface area (TPSA) is 228 Å². The molecule has 0 aromatic heterocycles. The third-order valence-corrected chi connectivity index (χ3v) is 17.8. The molecule has 14 heteroatoms. The molecule has 0 radical (unpaired) electrons. The molecule has 9 N–H and O–H groups in total. The van der Waals surface area contributed by atoms with Crippen molar-refractivity contribution in [2.45, 2.75) is 376 Å². The Labute approximate surface area is 554 Å². The Balaban J connectivity index is 1.59. The summed E-state index contributed by atoms with van der Waals surface area (Å²) in [6.45, 7) is 2.71. The van der Waals surface area contributed by atoms with Crippen LogP contribution in [0.25, 0.3) is 0 Å². The Hall–Kier alpha value is -2.83. The number of aliphatic hydroxyl groups is 8. The molecule has 0 aromatic rings. The Morgan fingerprint density at radius 2 is 0.758 bits per heavy atom. The highest BCUT2D eigenvalue weighted by Gasteiger charge is 2.51. The molecule has 0 spiro atoms. The molecule has 2 aliphatic heterocycles. The molecule has 0 bridgehead atoms. The minimum absolute atomic E-state index is 0.236. The zero-order chi connectivity index (χ0) is 65.9. The van der Waals surface area contributed by atoms with Crippen LogP contribution in [0.15, 0.2) is 85.1 Å². The normalized spacial score (nSPS) is 23.3. The van der Waals surface area contributed by atoms with Crippen LogP contribution in [0.3, 0.4) is 0 Å². The van der Waals surface area contributed by atoms with E-state index in [0.717, 1.165) is 77.0 Å². The summed E-state index contributed by atoms with van der Waals surface area (Å²) in [4.78, 5) is 13.3. The number of aliphatic hydroxyl groups excluding tert-OH is 8. The second-order valence-corrected chi connectivity index (χ2v) is 26.0. The Morgan fingerprint density at radius 1 is 0.407 bits per heavy atom. The minimum Gasteiger partial charge on any atom is -0.394 e. The molecule has 12 atom stereocenters. The number of unbranched alkanes of at least 4 members (excludes halogenated alkanes) is 36. The molecule has 2 rings (SSSR count). The first-order chi connectivity index (χ1) is 44.6. The van der Waals surface area contributed by atoms with Crippen LogP contribution in [0.1, 0.15) is 303 Å². The van der Waals surface area contributed by atoms with E-state index in [4.69, 9.17) is 18.9 Å². The van der Waals surface area contributed by atoms with E-state index in [1.54, 1.807) is 6.08 Å². The third-order valence-electron chi connectivity index (χ3n) is 17.8. The second-order valence-electron chi connectivity index (χ2n) is 26.0. The van der Waals surface area contributed by atoms with Crippen molar-refractivity contribution in [2.24, 2.45) is 0 Å². The van der Waals surface area contributed by atoms with Gasteiger partial charge in [-0.05, 0) is 70.6 Å². The number of nitrogens with one attached hydrogen (secondary N) is 1. The molecule has 12 unspecified atom stereocenters. The van der Waals surface area contributed by atoms with Gasteiger partial charge >= 0.3 is 0 Å². The highest BCUT2D eigenvalue weighted by atomic mass is 16.7. The first-order valence-corrected chi connectivity index (χ1v) is 37.3. The van der Waals surface area contributed by atoms with Gasteiger partial charge in [0.1, 0.15) is 48.8 Å². The van der Waals surface area contributed by atoms with Crippen molar-refractivity contribution in [3.8, 4) is 0 Å². The quantitative estimate of drug-likeness (QED) is 0.0204. The van der Waals surface area contributed by atoms with E-state index in [0.29, 0.717) is 6.42 Å². The monoisotopic (exact) mass is 1280 g/mol. The number of hydrogen-bond donors (Lipinski definition) is 9. The van der Waals surface area contributed by atoms with Crippen LogP contribution in [-0.4, -0.2) is 140 Å². The third kappa shape index (κ3) is 44.5. The zero-order valence-corrected chi connectivity index (χ0v) is 57.6. The summed E-state index contributed by atoms with van der Waals surface area (Å²) < 4.78 is 22.9. The second kappa shape index (κ2) is 60.8. The lowest BCUT2D eigenvalue weighted by Gasteiger charge is -2.46. The number of hydrogen-bond acceptors (Lipinski definition) is 13. The molecule has 0 saturated carbocycles. The van der Waals surface area contributed by atoms with Crippen LogP contribution >= 0.6 is 0 Å². The summed E-state index contributed by atoms with van der Waals surface area (Å²) in [7, 11) is 0. The fourth-order valence-corrected chi connectivity index (χ4v) is 11.9. The van der Waals surface area contributed by atoms with E-state index in [9.17, 15) is 45.6 Å². The number of rotatable bonds is 61. The van der Waals surface area contributed by atoms with Gasteiger partial charge in [0.25, 0.3) is 0 Å². The number of amides is 1. The average Bonchev–Trinajstić information content (AvgIpc) is 1.19. The maximum Gasteiger partial charge on any atom is 0.220 e. The van der Waals surface area contributed by atoms with Gasteiger partial charge in [0.15, 0.2) is 12.6 Å². The van der Waals surface area contributed by atoms with Crippen LogP contribution in [0, 0.1) is 0 Å². The van der Waals surface area contributed by atoms with Gasteiger partial charge in [0.2, 0.25) is 5.91 Å². The predicted octanol–water partition coefficient (Wildman–Crippen LogP) is 16.0. The van der Waals surface area contributed by atoms with Crippen LogP contribution in [0.5, 0.6) is 0 Å². The number of carbonyl (C=O) groups is 1. The minimum atomic E-state index is -1.79. The molecule has 14 nitrogen and oxygen atoms in total. The van der Waals surface area contributed by atoms with Gasteiger partial charge in [0, 0.05) is 6.42 Å². The molecule has 1 amide bonds. The average molecular weight is 1280 g/mol. The molecule has 528 valence electrons. The van der Waals surface area contributed by atoms with Crippen molar-refractivity contribution in [1.29, 1.82) is 0 Å². The zero-order valence-electron chi connectivity index (χ0n) is 57.6. The van der Waals surface area contributed by atoms with Crippen molar-refractivity contribution in [3.05, 3.63) is 85.1 Å². The maximum atomic E-state index is 13.3. The number of allylic oxidation sites excluding steroid dienone is 13. The molecule has 2 heterocycles. The van der Waals surface area contributed by atoms with E-state index < -0.39 is 86.8 Å². The molecule has 2 aliphatic rings. The van der Waals surface area contributed by atoms with Crippen molar-refractivity contribution < 1.29 is 64.6 Å². The van der Waals surface area contributed by atoms with Crippen molar-refractivity contribution in [1.82, 2.24) is 5.32 Å². The van der Waals surface area contributed by atoms with E-state index in [1.807, 2.05) is 6.08 Å². The van der Waals surface area contributed by atoms with Gasteiger partial charge in [-0.25, -0.2) is 0 Å².